The molecule has 0 amide bonds. The highest BCUT2D eigenvalue weighted by Gasteiger charge is 2.46. The summed E-state index contributed by atoms with van der Waals surface area (Å²) >= 11 is 0. The van der Waals surface area contributed by atoms with Gasteiger partial charge in [-0.05, 0) is 44.2 Å². The topological polar surface area (TPSA) is 35.5 Å². The number of nitrogens with zero attached hydrogens (tertiary/aromatic N) is 1. The molecule has 0 spiro atoms. The van der Waals surface area contributed by atoms with E-state index in [1.54, 1.807) is 0 Å². The molecule has 0 aromatic carbocycles. The molecule has 2 bridgehead atoms. The lowest BCUT2D eigenvalue weighted by Gasteiger charge is -2.53. The van der Waals surface area contributed by atoms with Crippen LogP contribution in [0.3, 0.4) is 0 Å². The third kappa shape index (κ3) is 1.38. The molecule has 80 valence electrons. The highest BCUT2D eigenvalue weighted by atomic mass is 16.3. The molecule has 3 heterocycles. The largest absolute Gasteiger partial charge is 0.392 e. The smallest absolute Gasteiger partial charge is 0.0621 e. The molecule has 1 aliphatic carbocycles. The third-order valence-electron chi connectivity index (χ3n) is 4.33. The van der Waals surface area contributed by atoms with Gasteiger partial charge in [-0.1, -0.05) is 0 Å². The van der Waals surface area contributed by atoms with Gasteiger partial charge in [0.2, 0.25) is 0 Å². The first kappa shape index (κ1) is 9.13. The molecule has 14 heavy (non-hydrogen) atoms. The first-order valence-corrected chi connectivity index (χ1v) is 5.97. The van der Waals surface area contributed by atoms with Crippen LogP contribution in [0.4, 0.5) is 0 Å². The van der Waals surface area contributed by atoms with E-state index < -0.39 is 0 Å². The molecule has 4 rings (SSSR count). The SMILES string of the molecule is OC1[C@H]2C[C@H]1CN(C1CCNCC1)C2. The fourth-order valence-electron chi connectivity index (χ4n) is 3.37. The van der Waals surface area contributed by atoms with E-state index in [0.717, 1.165) is 19.1 Å². The summed E-state index contributed by atoms with van der Waals surface area (Å²) in [5.41, 5.74) is 0. The van der Waals surface area contributed by atoms with Crippen LogP contribution < -0.4 is 5.32 Å². The molecule has 4 fully saturated rings. The van der Waals surface area contributed by atoms with Gasteiger partial charge in [-0.25, -0.2) is 0 Å². The fourth-order valence-corrected chi connectivity index (χ4v) is 3.37. The van der Waals surface area contributed by atoms with Gasteiger partial charge < -0.3 is 10.4 Å². The molecule has 3 nitrogen and oxygen atoms in total. The summed E-state index contributed by atoms with van der Waals surface area (Å²) in [6, 6.07) is 0.800. The molecule has 3 saturated heterocycles. The summed E-state index contributed by atoms with van der Waals surface area (Å²) in [5.74, 6) is 1.20. The number of piperidine rings is 3. The molecular weight excluding hydrogens is 176 g/mol. The fraction of sp³-hybridized carbons (Fsp3) is 1.00. The van der Waals surface area contributed by atoms with Gasteiger partial charge in [0.1, 0.15) is 0 Å². The molecule has 0 aromatic rings. The second kappa shape index (κ2) is 3.47. The van der Waals surface area contributed by atoms with Gasteiger partial charge in [-0.2, -0.15) is 0 Å². The Hall–Kier alpha value is -0.120. The third-order valence-corrected chi connectivity index (χ3v) is 4.33. The van der Waals surface area contributed by atoms with Gasteiger partial charge in [0.15, 0.2) is 0 Å². The van der Waals surface area contributed by atoms with E-state index in [1.165, 1.54) is 32.4 Å². The van der Waals surface area contributed by atoms with Gasteiger partial charge >= 0.3 is 0 Å². The molecule has 4 aliphatic rings. The van der Waals surface area contributed by atoms with E-state index in [0.29, 0.717) is 11.8 Å². The van der Waals surface area contributed by atoms with Crippen LogP contribution >= 0.6 is 0 Å². The Morgan fingerprint density at radius 3 is 2.29 bits per heavy atom. The monoisotopic (exact) mass is 196 g/mol. The second-order valence-corrected chi connectivity index (χ2v) is 5.18. The van der Waals surface area contributed by atoms with E-state index in [1.807, 2.05) is 0 Å². The van der Waals surface area contributed by atoms with Crippen molar-refractivity contribution in [2.75, 3.05) is 26.2 Å². The molecule has 3 aliphatic heterocycles. The van der Waals surface area contributed by atoms with Crippen molar-refractivity contribution < 1.29 is 5.11 Å². The van der Waals surface area contributed by atoms with Gasteiger partial charge in [-0.15, -0.1) is 0 Å². The Bertz CT molecular complexity index is 203. The van der Waals surface area contributed by atoms with Crippen molar-refractivity contribution in [1.29, 1.82) is 0 Å². The molecule has 0 radical (unpaired) electrons. The van der Waals surface area contributed by atoms with Crippen molar-refractivity contribution in [3.05, 3.63) is 0 Å². The molecular formula is C11H20N2O. The number of aliphatic hydroxyl groups excluding tert-OH is 1. The minimum atomic E-state index is 0.0352. The first-order valence-electron chi connectivity index (χ1n) is 5.97. The molecule has 3 heteroatoms. The minimum Gasteiger partial charge on any atom is -0.392 e. The number of hydrogen-bond acceptors (Lipinski definition) is 3. The summed E-state index contributed by atoms with van der Waals surface area (Å²) < 4.78 is 0. The zero-order chi connectivity index (χ0) is 9.54. The van der Waals surface area contributed by atoms with Crippen molar-refractivity contribution in [2.24, 2.45) is 11.8 Å². The van der Waals surface area contributed by atoms with E-state index in [-0.39, 0.29) is 6.10 Å². The summed E-state index contributed by atoms with van der Waals surface area (Å²) in [4.78, 5) is 2.63. The van der Waals surface area contributed by atoms with Crippen molar-refractivity contribution in [3.63, 3.8) is 0 Å². The van der Waals surface area contributed by atoms with E-state index >= 15 is 0 Å². The predicted molar refractivity (Wildman–Crippen MR) is 55.1 cm³/mol. The summed E-state index contributed by atoms with van der Waals surface area (Å²) in [7, 11) is 0. The maximum atomic E-state index is 9.70. The minimum absolute atomic E-state index is 0.0352. The number of aliphatic hydroxyl groups is 1. The molecule has 0 aromatic heterocycles. The number of nitrogens with one attached hydrogen (secondary N) is 1. The number of fused-ring (bicyclic) bond motifs is 2. The van der Waals surface area contributed by atoms with Gasteiger partial charge in [-0.3, -0.25) is 4.90 Å². The normalized spacial score (nSPS) is 44.8. The maximum Gasteiger partial charge on any atom is 0.0621 e. The predicted octanol–water partition coefficient (Wildman–Crippen LogP) is 0.0510. The number of rotatable bonds is 1. The molecule has 1 saturated carbocycles. The molecule has 0 unspecified atom stereocenters. The number of hydrogen-bond donors (Lipinski definition) is 2. The van der Waals surface area contributed by atoms with Crippen molar-refractivity contribution in [2.45, 2.75) is 31.4 Å². The van der Waals surface area contributed by atoms with Crippen LogP contribution in [0.2, 0.25) is 0 Å². The van der Waals surface area contributed by atoms with Crippen LogP contribution in [-0.4, -0.2) is 48.3 Å². The van der Waals surface area contributed by atoms with Gasteiger partial charge in [0, 0.05) is 19.1 Å². The van der Waals surface area contributed by atoms with Gasteiger partial charge in [0.25, 0.3) is 0 Å². The highest BCUT2D eigenvalue weighted by molar-refractivity contribution is 4.99. The standard InChI is InChI=1S/C11H20N2O/c14-11-8-5-9(11)7-13(6-8)10-1-3-12-4-2-10/h8-12,14H,1-7H2/t8-,9-/m0/s1. The quantitative estimate of drug-likeness (QED) is 0.622. The highest BCUT2D eigenvalue weighted by Crippen LogP contribution is 2.41. The van der Waals surface area contributed by atoms with E-state index in [2.05, 4.69) is 10.2 Å². The first-order chi connectivity index (χ1) is 6.84. The molecule has 2 atom stereocenters. The summed E-state index contributed by atoms with van der Waals surface area (Å²) in [5, 5.41) is 13.1. The van der Waals surface area contributed by atoms with Crippen LogP contribution in [0.1, 0.15) is 19.3 Å². The maximum absolute atomic E-state index is 9.70. The zero-order valence-corrected chi connectivity index (χ0v) is 8.65. The van der Waals surface area contributed by atoms with Crippen LogP contribution in [0.25, 0.3) is 0 Å². The second-order valence-electron chi connectivity index (χ2n) is 5.18. The summed E-state index contributed by atoms with van der Waals surface area (Å²) in [6.45, 7) is 4.67. The van der Waals surface area contributed by atoms with Crippen molar-refractivity contribution in [3.8, 4) is 0 Å². The average molecular weight is 196 g/mol. The van der Waals surface area contributed by atoms with Crippen LogP contribution in [-0.2, 0) is 0 Å². The lowest BCUT2D eigenvalue weighted by Crippen LogP contribution is -2.61. The van der Waals surface area contributed by atoms with Crippen molar-refractivity contribution in [1.82, 2.24) is 10.2 Å². The average Bonchev–Trinajstić information content (AvgIpc) is 2.30. The summed E-state index contributed by atoms with van der Waals surface area (Å²) in [6.07, 6.45) is 3.92. The Kier molecular flexibility index (Phi) is 2.26. The lowest BCUT2D eigenvalue weighted by molar-refractivity contribution is -0.119. The Morgan fingerprint density at radius 1 is 1.07 bits per heavy atom. The Morgan fingerprint density at radius 2 is 1.71 bits per heavy atom. The van der Waals surface area contributed by atoms with Gasteiger partial charge in [0.05, 0.1) is 6.10 Å². The van der Waals surface area contributed by atoms with E-state index in [4.69, 9.17) is 0 Å². The van der Waals surface area contributed by atoms with Crippen LogP contribution in [0.15, 0.2) is 0 Å². The van der Waals surface area contributed by atoms with Crippen molar-refractivity contribution >= 4 is 0 Å². The molecule has 2 N–H and O–H groups in total. The van der Waals surface area contributed by atoms with E-state index in [9.17, 15) is 5.11 Å². The lowest BCUT2D eigenvalue weighted by atomic mass is 9.67. The Labute approximate surface area is 85.5 Å². The van der Waals surface area contributed by atoms with Crippen LogP contribution in [0, 0.1) is 11.8 Å². The van der Waals surface area contributed by atoms with Crippen LogP contribution in [0.5, 0.6) is 0 Å². The Balaban J connectivity index is 1.59. The zero-order valence-electron chi connectivity index (χ0n) is 8.65.